The number of ether oxygens (including phenoxy) is 1. The Morgan fingerprint density at radius 2 is 1.77 bits per heavy atom. The Hall–Kier alpha value is -5.19. The molecule has 0 bridgehead atoms. The van der Waals surface area contributed by atoms with Crippen LogP contribution < -0.4 is 30.5 Å². The van der Waals surface area contributed by atoms with Crippen molar-refractivity contribution in [3.63, 3.8) is 0 Å². The van der Waals surface area contributed by atoms with Gasteiger partial charge >= 0.3 is 12.1 Å². The molecule has 3 heterocycles. The molecule has 0 aliphatic carbocycles. The molecule has 1 aliphatic heterocycles. The van der Waals surface area contributed by atoms with E-state index in [0.29, 0.717) is 34.6 Å². The third-order valence-corrected chi connectivity index (χ3v) is 6.29. The van der Waals surface area contributed by atoms with E-state index in [1.165, 1.54) is 4.90 Å². The zero-order valence-electron chi connectivity index (χ0n) is 22.0. The first-order chi connectivity index (χ1) is 18.8. The van der Waals surface area contributed by atoms with Gasteiger partial charge in [-0.2, -0.15) is 4.98 Å². The number of pyridine rings is 1. The average Bonchev–Trinajstić information content (AvgIpc) is 2.93. The van der Waals surface area contributed by atoms with Crippen LogP contribution in [0.25, 0.3) is 0 Å². The first-order valence-corrected chi connectivity index (χ1v) is 12.2. The van der Waals surface area contributed by atoms with E-state index in [0.717, 1.165) is 22.5 Å². The van der Waals surface area contributed by atoms with Crippen molar-refractivity contribution < 1.29 is 14.3 Å². The van der Waals surface area contributed by atoms with Crippen molar-refractivity contribution in [3.8, 4) is 5.75 Å². The zero-order valence-corrected chi connectivity index (χ0v) is 22.0. The number of nitrogens with one attached hydrogen (secondary N) is 3. The molecule has 0 saturated heterocycles. The Labute approximate surface area is 225 Å². The SMILES string of the molecule is COc1ccccc1NC(=O)Nc1ccc(C)c(N2Cc3cnc(Nc4ccc(C)nc4)nc3N(C)C2=O)c1. The van der Waals surface area contributed by atoms with Gasteiger partial charge in [-0.05, 0) is 55.8 Å². The number of aryl methyl sites for hydroxylation is 2. The monoisotopic (exact) mass is 524 g/mol. The van der Waals surface area contributed by atoms with E-state index in [9.17, 15) is 9.59 Å². The molecular formula is C28H28N8O3. The average molecular weight is 525 g/mol. The number of methoxy groups -OCH3 is 1. The van der Waals surface area contributed by atoms with E-state index in [-0.39, 0.29) is 12.6 Å². The van der Waals surface area contributed by atoms with Crippen LogP contribution in [0.5, 0.6) is 5.75 Å². The van der Waals surface area contributed by atoms with E-state index >= 15 is 0 Å². The van der Waals surface area contributed by atoms with Crippen LogP contribution in [0.3, 0.4) is 0 Å². The number of carbonyl (C=O) groups is 2. The number of anilines is 6. The van der Waals surface area contributed by atoms with Gasteiger partial charge in [0.05, 0.1) is 36.9 Å². The van der Waals surface area contributed by atoms with Gasteiger partial charge in [0, 0.05) is 30.2 Å². The third kappa shape index (κ3) is 5.42. The van der Waals surface area contributed by atoms with E-state index < -0.39 is 6.03 Å². The fourth-order valence-electron chi connectivity index (χ4n) is 4.24. The number of para-hydroxylation sites is 2. The lowest BCUT2D eigenvalue weighted by molar-refractivity contribution is 0.251. The topological polar surface area (TPSA) is 125 Å². The molecule has 1 aliphatic rings. The van der Waals surface area contributed by atoms with Crippen LogP contribution in [0.1, 0.15) is 16.8 Å². The number of carbonyl (C=O) groups excluding carboxylic acids is 2. The highest BCUT2D eigenvalue weighted by atomic mass is 16.5. The number of hydrogen-bond acceptors (Lipinski definition) is 7. The number of nitrogens with zero attached hydrogens (tertiary/aromatic N) is 5. The highest BCUT2D eigenvalue weighted by molar-refractivity contribution is 6.06. The van der Waals surface area contributed by atoms with Crippen LogP contribution in [0.2, 0.25) is 0 Å². The Kier molecular flexibility index (Phi) is 6.96. The zero-order chi connectivity index (χ0) is 27.5. The summed E-state index contributed by atoms with van der Waals surface area (Å²) in [6, 6.07) is 15.7. The normalized spacial score (nSPS) is 12.6. The van der Waals surface area contributed by atoms with Gasteiger partial charge < -0.3 is 20.7 Å². The van der Waals surface area contributed by atoms with Crippen LogP contribution in [-0.2, 0) is 6.54 Å². The summed E-state index contributed by atoms with van der Waals surface area (Å²) < 4.78 is 5.29. The fraction of sp³-hybridized carbons (Fsp3) is 0.179. The molecule has 0 unspecified atom stereocenters. The van der Waals surface area contributed by atoms with Crippen LogP contribution in [0.4, 0.5) is 44.1 Å². The second-order valence-corrected chi connectivity index (χ2v) is 9.06. The van der Waals surface area contributed by atoms with Gasteiger partial charge in [0.15, 0.2) is 0 Å². The minimum atomic E-state index is -0.432. The summed E-state index contributed by atoms with van der Waals surface area (Å²) in [6.45, 7) is 4.11. The molecule has 0 radical (unpaired) electrons. The van der Waals surface area contributed by atoms with Gasteiger partial charge in [-0.3, -0.25) is 14.8 Å². The van der Waals surface area contributed by atoms with Crippen molar-refractivity contribution in [2.75, 3.05) is 39.9 Å². The molecule has 0 atom stereocenters. The van der Waals surface area contributed by atoms with Crippen molar-refractivity contribution in [1.29, 1.82) is 0 Å². The number of fused-ring (bicyclic) bond motifs is 1. The van der Waals surface area contributed by atoms with Crippen LogP contribution in [-0.4, -0.2) is 41.2 Å². The van der Waals surface area contributed by atoms with Crippen molar-refractivity contribution in [1.82, 2.24) is 15.0 Å². The minimum absolute atomic E-state index is 0.247. The number of amides is 4. The molecule has 3 N–H and O–H groups in total. The molecular weight excluding hydrogens is 496 g/mol. The number of aromatic nitrogens is 3. The molecule has 5 rings (SSSR count). The lowest BCUT2D eigenvalue weighted by Gasteiger charge is -2.35. The van der Waals surface area contributed by atoms with Gasteiger partial charge in [0.25, 0.3) is 0 Å². The lowest BCUT2D eigenvalue weighted by atomic mass is 10.1. The molecule has 39 heavy (non-hydrogen) atoms. The maximum atomic E-state index is 13.4. The highest BCUT2D eigenvalue weighted by Crippen LogP contribution is 2.33. The van der Waals surface area contributed by atoms with Gasteiger partial charge in [-0.25, -0.2) is 14.6 Å². The summed E-state index contributed by atoms with van der Waals surface area (Å²) in [4.78, 5) is 42.6. The van der Waals surface area contributed by atoms with E-state index in [1.807, 2.05) is 38.1 Å². The molecule has 4 aromatic rings. The van der Waals surface area contributed by atoms with E-state index in [2.05, 4.69) is 30.9 Å². The predicted molar refractivity (Wildman–Crippen MR) is 151 cm³/mol. The molecule has 0 saturated carbocycles. The second kappa shape index (κ2) is 10.7. The summed E-state index contributed by atoms with van der Waals surface area (Å²) in [5.74, 6) is 1.45. The summed E-state index contributed by atoms with van der Waals surface area (Å²) in [5.41, 5.74) is 5.07. The fourth-order valence-corrected chi connectivity index (χ4v) is 4.24. The molecule has 0 spiro atoms. The lowest BCUT2D eigenvalue weighted by Crippen LogP contribution is -2.46. The molecule has 4 amide bonds. The van der Waals surface area contributed by atoms with Crippen molar-refractivity contribution in [3.05, 3.63) is 83.8 Å². The molecule has 0 fully saturated rings. The first kappa shape index (κ1) is 25.5. The second-order valence-electron chi connectivity index (χ2n) is 9.06. The quantitative estimate of drug-likeness (QED) is 0.306. The van der Waals surface area contributed by atoms with Crippen molar-refractivity contribution in [2.45, 2.75) is 20.4 Å². The molecule has 2 aromatic heterocycles. The van der Waals surface area contributed by atoms with E-state index in [4.69, 9.17) is 4.74 Å². The Morgan fingerprint density at radius 1 is 0.974 bits per heavy atom. The number of urea groups is 2. The van der Waals surface area contributed by atoms with Gasteiger partial charge in [0.1, 0.15) is 11.6 Å². The molecule has 11 heteroatoms. The molecule has 2 aromatic carbocycles. The number of benzene rings is 2. The predicted octanol–water partition coefficient (Wildman–Crippen LogP) is 5.46. The van der Waals surface area contributed by atoms with Crippen molar-refractivity contribution in [2.24, 2.45) is 0 Å². The summed E-state index contributed by atoms with van der Waals surface area (Å²) in [7, 11) is 3.22. The Bertz CT molecular complexity index is 1540. The largest absolute Gasteiger partial charge is 0.495 e. The molecule has 198 valence electrons. The van der Waals surface area contributed by atoms with E-state index in [1.54, 1.807) is 61.8 Å². The van der Waals surface area contributed by atoms with Crippen LogP contribution in [0.15, 0.2) is 67.0 Å². The Morgan fingerprint density at radius 3 is 2.54 bits per heavy atom. The number of rotatable bonds is 6. The smallest absolute Gasteiger partial charge is 0.330 e. The maximum Gasteiger partial charge on any atom is 0.330 e. The minimum Gasteiger partial charge on any atom is -0.495 e. The standard InChI is InChI=1S/C28H28N8O3/c1-17-9-11-20(32-27(37)33-22-7-5-6-8-24(22)39-4)13-23(17)36-16-19-14-30-26(34-25(19)35(3)28(36)38)31-21-12-10-18(2)29-15-21/h5-15H,16H2,1-4H3,(H,30,31,34)(H2,32,33,37). The maximum absolute atomic E-state index is 13.4. The van der Waals surface area contributed by atoms with Crippen molar-refractivity contribution >= 4 is 46.6 Å². The molecule has 11 nitrogen and oxygen atoms in total. The Balaban J connectivity index is 1.34. The van der Waals surface area contributed by atoms with Gasteiger partial charge in [-0.1, -0.05) is 18.2 Å². The third-order valence-electron chi connectivity index (χ3n) is 6.29. The van der Waals surface area contributed by atoms with Gasteiger partial charge in [0.2, 0.25) is 5.95 Å². The van der Waals surface area contributed by atoms with Gasteiger partial charge in [-0.15, -0.1) is 0 Å². The van der Waals surface area contributed by atoms with Crippen LogP contribution >= 0.6 is 0 Å². The summed E-state index contributed by atoms with van der Waals surface area (Å²) >= 11 is 0. The highest BCUT2D eigenvalue weighted by Gasteiger charge is 2.31. The first-order valence-electron chi connectivity index (χ1n) is 12.2. The number of hydrogen-bond donors (Lipinski definition) is 3. The summed E-state index contributed by atoms with van der Waals surface area (Å²) in [6.07, 6.45) is 3.41. The van der Waals surface area contributed by atoms with Crippen LogP contribution in [0, 0.1) is 13.8 Å². The summed E-state index contributed by atoms with van der Waals surface area (Å²) in [5, 5.41) is 8.75.